The number of carbonyl (C=O) groups excluding carboxylic acids is 2. The Morgan fingerprint density at radius 1 is 0.818 bits per heavy atom. The van der Waals surface area contributed by atoms with Crippen LogP contribution in [0, 0.1) is 0 Å². The van der Waals surface area contributed by atoms with Crippen LogP contribution in [0.3, 0.4) is 0 Å². The monoisotopic (exact) mass is 496 g/mol. The number of hydrogen-bond donors (Lipinski definition) is 1. The minimum atomic E-state index is -0.673. The van der Waals surface area contributed by atoms with Crippen LogP contribution in [0.1, 0.15) is 26.3 Å². The molecule has 0 heterocycles. The zero-order valence-electron chi connectivity index (χ0n) is 16.9. The molecule has 164 valence electrons. The van der Waals surface area contributed by atoms with E-state index in [9.17, 15) is 9.59 Å². The zero-order valence-corrected chi connectivity index (χ0v) is 19.2. The van der Waals surface area contributed by atoms with Crippen molar-refractivity contribution in [2.75, 3.05) is 0 Å². The Morgan fingerprint density at radius 3 is 2.36 bits per heavy atom. The van der Waals surface area contributed by atoms with Crippen LogP contribution in [0.5, 0.6) is 5.75 Å². The smallest absolute Gasteiger partial charge is 0.345 e. The van der Waals surface area contributed by atoms with E-state index in [0.717, 1.165) is 10.8 Å². The highest BCUT2D eigenvalue weighted by Crippen LogP contribution is 2.26. The van der Waals surface area contributed by atoms with E-state index in [4.69, 9.17) is 39.5 Å². The third kappa shape index (κ3) is 5.34. The lowest BCUT2D eigenvalue weighted by Crippen LogP contribution is -2.18. The number of carbonyl (C=O) groups is 2. The van der Waals surface area contributed by atoms with Gasteiger partial charge in [-0.25, -0.2) is 10.2 Å². The average molecular weight is 498 g/mol. The molecule has 0 saturated heterocycles. The highest BCUT2D eigenvalue weighted by Gasteiger charge is 2.15. The second-order valence-corrected chi connectivity index (χ2v) is 8.20. The summed E-state index contributed by atoms with van der Waals surface area (Å²) in [7, 11) is 0. The Morgan fingerprint density at radius 2 is 1.55 bits per heavy atom. The van der Waals surface area contributed by atoms with E-state index in [-0.39, 0.29) is 22.2 Å². The molecule has 5 nitrogen and oxygen atoms in total. The maximum absolute atomic E-state index is 12.7. The minimum absolute atomic E-state index is 0.156. The van der Waals surface area contributed by atoms with Gasteiger partial charge in [0.2, 0.25) is 0 Å². The van der Waals surface area contributed by atoms with E-state index in [1.165, 1.54) is 30.5 Å². The first kappa shape index (κ1) is 22.8. The molecular formula is C25H15Cl3N2O3. The Bertz CT molecular complexity index is 1400. The number of hydrogen-bond acceptors (Lipinski definition) is 4. The number of benzene rings is 4. The molecule has 0 aliphatic rings. The predicted octanol–water partition coefficient (Wildman–Crippen LogP) is 6.78. The Balaban J connectivity index is 1.54. The van der Waals surface area contributed by atoms with Gasteiger partial charge in [0.15, 0.2) is 0 Å². The molecule has 0 aromatic heterocycles. The Labute approximate surface area is 204 Å². The van der Waals surface area contributed by atoms with E-state index in [0.29, 0.717) is 21.2 Å². The van der Waals surface area contributed by atoms with Crippen molar-refractivity contribution in [3.8, 4) is 5.75 Å². The van der Waals surface area contributed by atoms with Crippen molar-refractivity contribution in [2.45, 2.75) is 0 Å². The SMILES string of the molecule is O=C(Oc1ccc(Cl)cc1/C=N/NC(=O)c1cccc2ccccc12)c1ccc(Cl)cc1Cl. The van der Waals surface area contributed by atoms with E-state index < -0.39 is 5.97 Å². The number of nitrogens with zero attached hydrogens (tertiary/aromatic N) is 1. The topological polar surface area (TPSA) is 67.8 Å². The number of esters is 1. The fourth-order valence-corrected chi connectivity index (χ4v) is 3.83. The van der Waals surface area contributed by atoms with Gasteiger partial charge >= 0.3 is 5.97 Å². The lowest BCUT2D eigenvalue weighted by Gasteiger charge is -2.09. The lowest BCUT2D eigenvalue weighted by molar-refractivity contribution is 0.0734. The summed E-state index contributed by atoms with van der Waals surface area (Å²) in [5, 5.41) is 6.74. The fourth-order valence-electron chi connectivity index (χ4n) is 3.17. The molecule has 0 spiro atoms. The summed E-state index contributed by atoms with van der Waals surface area (Å²) in [6, 6.07) is 22.1. The number of halogens is 3. The Hall–Kier alpha value is -3.38. The molecule has 0 saturated carbocycles. The summed E-state index contributed by atoms with van der Waals surface area (Å²) < 4.78 is 5.48. The molecule has 4 aromatic rings. The van der Waals surface area contributed by atoms with Crippen molar-refractivity contribution in [2.24, 2.45) is 5.10 Å². The minimum Gasteiger partial charge on any atom is -0.422 e. The molecule has 1 amide bonds. The zero-order chi connectivity index (χ0) is 23.4. The predicted molar refractivity (Wildman–Crippen MR) is 132 cm³/mol. The first-order valence-corrected chi connectivity index (χ1v) is 10.8. The highest BCUT2D eigenvalue weighted by molar-refractivity contribution is 6.36. The van der Waals surface area contributed by atoms with Gasteiger partial charge < -0.3 is 4.74 Å². The maximum atomic E-state index is 12.7. The van der Waals surface area contributed by atoms with Gasteiger partial charge in [-0.1, -0.05) is 71.2 Å². The molecule has 0 unspecified atom stereocenters. The normalized spacial score (nSPS) is 11.0. The van der Waals surface area contributed by atoms with Gasteiger partial charge in [-0.2, -0.15) is 5.10 Å². The third-order valence-corrected chi connectivity index (χ3v) is 5.51. The van der Waals surface area contributed by atoms with Crippen LogP contribution in [0.25, 0.3) is 10.8 Å². The number of rotatable bonds is 5. The van der Waals surface area contributed by atoms with Crippen LogP contribution in [-0.2, 0) is 0 Å². The van der Waals surface area contributed by atoms with Crippen molar-refractivity contribution < 1.29 is 14.3 Å². The maximum Gasteiger partial charge on any atom is 0.345 e. The van der Waals surface area contributed by atoms with Crippen LogP contribution in [0.2, 0.25) is 15.1 Å². The van der Waals surface area contributed by atoms with Crippen LogP contribution in [0.4, 0.5) is 0 Å². The molecule has 0 atom stereocenters. The molecule has 4 rings (SSSR count). The quantitative estimate of drug-likeness (QED) is 0.143. The van der Waals surface area contributed by atoms with Crippen molar-refractivity contribution in [3.05, 3.63) is 111 Å². The first-order valence-electron chi connectivity index (χ1n) is 9.70. The van der Waals surface area contributed by atoms with Crippen LogP contribution in [0.15, 0.2) is 84.0 Å². The van der Waals surface area contributed by atoms with Crippen molar-refractivity contribution >= 4 is 63.7 Å². The van der Waals surface area contributed by atoms with Crippen molar-refractivity contribution in [1.29, 1.82) is 0 Å². The lowest BCUT2D eigenvalue weighted by atomic mass is 10.0. The van der Waals surface area contributed by atoms with Crippen molar-refractivity contribution in [3.63, 3.8) is 0 Å². The van der Waals surface area contributed by atoms with E-state index in [1.54, 1.807) is 24.3 Å². The molecule has 0 bridgehead atoms. The number of fused-ring (bicyclic) bond motifs is 1. The van der Waals surface area contributed by atoms with Gasteiger partial charge in [0, 0.05) is 21.2 Å². The standard InChI is InChI=1S/C25H15Cl3N2O3/c26-17-9-11-23(33-25(32)21-10-8-18(27)13-22(21)28)16(12-17)14-29-30-24(31)20-7-3-5-15-4-1-2-6-19(15)20/h1-14H,(H,30,31)/b29-14+. The average Bonchev–Trinajstić information content (AvgIpc) is 2.80. The second-order valence-electron chi connectivity index (χ2n) is 6.92. The van der Waals surface area contributed by atoms with E-state index >= 15 is 0 Å². The molecule has 8 heteroatoms. The largest absolute Gasteiger partial charge is 0.422 e. The summed E-state index contributed by atoms with van der Waals surface area (Å²) in [6.45, 7) is 0. The van der Waals surface area contributed by atoms with E-state index in [1.807, 2.05) is 30.3 Å². The van der Waals surface area contributed by atoms with Gasteiger partial charge in [-0.05, 0) is 53.2 Å². The second kappa shape index (κ2) is 10.0. The van der Waals surface area contributed by atoms with Crippen LogP contribution < -0.4 is 10.2 Å². The fraction of sp³-hybridized carbons (Fsp3) is 0. The summed E-state index contributed by atoms with van der Waals surface area (Å²) in [5.41, 5.74) is 3.53. The summed E-state index contributed by atoms with van der Waals surface area (Å²) >= 11 is 18.1. The number of nitrogens with one attached hydrogen (secondary N) is 1. The van der Waals surface area contributed by atoms with Gasteiger partial charge in [-0.3, -0.25) is 4.79 Å². The van der Waals surface area contributed by atoms with Gasteiger partial charge in [0.05, 0.1) is 16.8 Å². The molecule has 0 radical (unpaired) electrons. The summed E-state index contributed by atoms with van der Waals surface area (Å²) in [4.78, 5) is 25.2. The number of amides is 1. The molecule has 0 aliphatic heterocycles. The molecule has 0 aliphatic carbocycles. The van der Waals surface area contributed by atoms with E-state index in [2.05, 4.69) is 10.5 Å². The van der Waals surface area contributed by atoms with Gasteiger partial charge in [0.25, 0.3) is 5.91 Å². The highest BCUT2D eigenvalue weighted by atomic mass is 35.5. The Kier molecular flexibility index (Phi) is 6.94. The summed E-state index contributed by atoms with van der Waals surface area (Å²) in [5.74, 6) is -0.858. The van der Waals surface area contributed by atoms with Crippen LogP contribution in [-0.4, -0.2) is 18.1 Å². The molecule has 33 heavy (non-hydrogen) atoms. The number of hydrazone groups is 1. The first-order chi connectivity index (χ1) is 15.9. The molecule has 1 N–H and O–H groups in total. The molecular weight excluding hydrogens is 483 g/mol. The van der Waals surface area contributed by atoms with Gasteiger partial charge in [0.1, 0.15) is 5.75 Å². The third-order valence-electron chi connectivity index (χ3n) is 4.73. The summed E-state index contributed by atoms with van der Waals surface area (Å²) in [6.07, 6.45) is 1.35. The van der Waals surface area contributed by atoms with Crippen molar-refractivity contribution in [1.82, 2.24) is 5.43 Å². The molecule has 4 aromatic carbocycles. The van der Waals surface area contributed by atoms with Crippen LogP contribution >= 0.6 is 34.8 Å². The van der Waals surface area contributed by atoms with Gasteiger partial charge in [-0.15, -0.1) is 0 Å². The molecule has 0 fully saturated rings. The number of ether oxygens (including phenoxy) is 1.